The molecule has 1 fully saturated rings. The molecule has 1 aliphatic heterocycles. The van der Waals surface area contributed by atoms with Crippen molar-refractivity contribution in [3.63, 3.8) is 0 Å². The predicted octanol–water partition coefficient (Wildman–Crippen LogP) is 1.28. The van der Waals surface area contributed by atoms with Crippen LogP contribution in [0.2, 0.25) is 0 Å². The lowest BCUT2D eigenvalue weighted by Gasteiger charge is -2.29. The van der Waals surface area contributed by atoms with Gasteiger partial charge >= 0.3 is 0 Å². The summed E-state index contributed by atoms with van der Waals surface area (Å²) in [6.07, 6.45) is 6.20. The van der Waals surface area contributed by atoms with E-state index in [0.717, 1.165) is 31.5 Å². The predicted molar refractivity (Wildman–Crippen MR) is 84.6 cm³/mol. The van der Waals surface area contributed by atoms with Crippen molar-refractivity contribution < 1.29 is 8.42 Å². The van der Waals surface area contributed by atoms with Gasteiger partial charge in [0.1, 0.15) is 0 Å². The summed E-state index contributed by atoms with van der Waals surface area (Å²) in [5.41, 5.74) is 1.02. The molecule has 2 rings (SSSR count). The molecule has 6 heteroatoms. The normalized spacial score (nSPS) is 19.8. The average molecular weight is 311 g/mol. The summed E-state index contributed by atoms with van der Waals surface area (Å²) in [5.74, 6) is 0.611. The summed E-state index contributed by atoms with van der Waals surface area (Å²) in [7, 11) is -3.18. The van der Waals surface area contributed by atoms with E-state index in [-0.39, 0.29) is 5.75 Å². The second-order valence-electron chi connectivity index (χ2n) is 5.58. The maximum absolute atomic E-state index is 12.5. The van der Waals surface area contributed by atoms with Gasteiger partial charge in [0, 0.05) is 25.5 Å². The first kappa shape index (κ1) is 16.4. The molecule has 1 aromatic heterocycles. The summed E-state index contributed by atoms with van der Waals surface area (Å²) in [5, 5.41) is 3.35. The molecule has 0 bridgehead atoms. The third-order valence-corrected chi connectivity index (χ3v) is 5.92. The van der Waals surface area contributed by atoms with E-state index < -0.39 is 10.0 Å². The van der Waals surface area contributed by atoms with Gasteiger partial charge in [-0.3, -0.25) is 4.98 Å². The van der Waals surface area contributed by atoms with Crippen LogP contribution in [0.4, 0.5) is 0 Å². The summed E-state index contributed by atoms with van der Waals surface area (Å²) in [4.78, 5) is 3.95. The molecule has 0 aromatic carbocycles. The number of aromatic nitrogens is 1. The van der Waals surface area contributed by atoms with E-state index in [4.69, 9.17) is 0 Å². The third kappa shape index (κ3) is 5.05. The fourth-order valence-corrected chi connectivity index (χ4v) is 4.32. The van der Waals surface area contributed by atoms with Gasteiger partial charge in [-0.05, 0) is 56.0 Å². The van der Waals surface area contributed by atoms with Crippen molar-refractivity contribution in [2.45, 2.75) is 26.2 Å². The molecule has 2 heterocycles. The van der Waals surface area contributed by atoms with Crippen LogP contribution < -0.4 is 5.32 Å². The lowest BCUT2D eigenvalue weighted by atomic mass is 10.00. The number of pyridine rings is 1. The maximum atomic E-state index is 12.5. The largest absolute Gasteiger partial charge is 0.316 e. The molecule has 0 spiro atoms. The van der Waals surface area contributed by atoms with Crippen LogP contribution in [0, 0.1) is 5.92 Å². The van der Waals surface area contributed by atoms with Crippen LogP contribution in [0.25, 0.3) is 0 Å². The highest BCUT2D eigenvalue weighted by molar-refractivity contribution is 7.89. The Kier molecular flexibility index (Phi) is 6.14. The molecule has 1 N–H and O–H groups in total. The number of piperidine rings is 1. The lowest BCUT2D eigenvalue weighted by molar-refractivity contribution is 0.298. The Hall–Kier alpha value is -0.980. The minimum absolute atomic E-state index is 0.172. The van der Waals surface area contributed by atoms with Crippen molar-refractivity contribution >= 4 is 10.0 Å². The van der Waals surface area contributed by atoms with Gasteiger partial charge in [-0.15, -0.1) is 0 Å². The van der Waals surface area contributed by atoms with E-state index >= 15 is 0 Å². The lowest BCUT2D eigenvalue weighted by Crippen LogP contribution is -2.42. The van der Waals surface area contributed by atoms with Gasteiger partial charge in [0.05, 0.1) is 5.75 Å². The molecule has 0 aliphatic carbocycles. The topological polar surface area (TPSA) is 62.3 Å². The number of hydrogen-bond donors (Lipinski definition) is 1. The SMILES string of the molecule is CCN(CC1CCCNC1)S(=O)(=O)CCc1ccncc1. The van der Waals surface area contributed by atoms with Crippen molar-refractivity contribution in [2.24, 2.45) is 5.92 Å². The van der Waals surface area contributed by atoms with Crippen LogP contribution in [0.1, 0.15) is 25.3 Å². The molecule has 1 saturated heterocycles. The summed E-state index contributed by atoms with van der Waals surface area (Å²) >= 11 is 0. The van der Waals surface area contributed by atoms with Crippen LogP contribution in [-0.2, 0) is 16.4 Å². The second kappa shape index (κ2) is 7.87. The van der Waals surface area contributed by atoms with Crippen molar-refractivity contribution in [3.05, 3.63) is 30.1 Å². The Morgan fingerprint density at radius 3 is 2.76 bits per heavy atom. The molecule has 118 valence electrons. The van der Waals surface area contributed by atoms with Crippen LogP contribution in [0.3, 0.4) is 0 Å². The first-order valence-corrected chi connectivity index (χ1v) is 9.30. The molecule has 0 saturated carbocycles. The van der Waals surface area contributed by atoms with E-state index in [2.05, 4.69) is 10.3 Å². The number of hydrogen-bond acceptors (Lipinski definition) is 4. The standard InChI is InChI=1S/C15H25N3O2S/c1-2-18(13-15-4-3-8-17-12-15)21(19,20)11-7-14-5-9-16-10-6-14/h5-6,9-10,15,17H,2-4,7-8,11-13H2,1H3. The monoisotopic (exact) mass is 311 g/mol. The molecule has 1 aromatic rings. The molecule has 0 amide bonds. The third-order valence-electron chi connectivity index (χ3n) is 4.00. The van der Waals surface area contributed by atoms with E-state index in [0.29, 0.717) is 25.4 Å². The summed E-state index contributed by atoms with van der Waals surface area (Å²) < 4.78 is 26.6. The molecule has 1 atom stereocenters. The van der Waals surface area contributed by atoms with Gasteiger partial charge in [-0.1, -0.05) is 6.92 Å². The van der Waals surface area contributed by atoms with Crippen molar-refractivity contribution in [1.29, 1.82) is 0 Å². The zero-order valence-electron chi connectivity index (χ0n) is 12.7. The van der Waals surface area contributed by atoms with Gasteiger partial charge in [-0.2, -0.15) is 0 Å². The summed E-state index contributed by atoms with van der Waals surface area (Å²) in [6, 6.07) is 3.74. The Morgan fingerprint density at radius 2 is 2.14 bits per heavy atom. The van der Waals surface area contributed by atoms with Crippen molar-refractivity contribution in [1.82, 2.24) is 14.6 Å². The number of sulfonamides is 1. The van der Waals surface area contributed by atoms with Gasteiger partial charge < -0.3 is 5.32 Å². The highest BCUT2D eigenvalue weighted by Crippen LogP contribution is 2.15. The Morgan fingerprint density at radius 1 is 1.38 bits per heavy atom. The number of aryl methyl sites for hydroxylation is 1. The average Bonchev–Trinajstić information content (AvgIpc) is 2.52. The Bertz CT molecular complexity index is 513. The van der Waals surface area contributed by atoms with Crippen LogP contribution in [0.5, 0.6) is 0 Å². The van der Waals surface area contributed by atoms with E-state index in [1.165, 1.54) is 0 Å². The molecule has 5 nitrogen and oxygen atoms in total. The van der Waals surface area contributed by atoms with E-state index in [1.807, 2.05) is 19.1 Å². The molecule has 0 radical (unpaired) electrons. The quantitative estimate of drug-likeness (QED) is 0.824. The zero-order chi connectivity index (χ0) is 15.1. The fourth-order valence-electron chi connectivity index (χ4n) is 2.73. The Labute approximate surface area is 127 Å². The molecule has 21 heavy (non-hydrogen) atoms. The summed E-state index contributed by atoms with van der Waals surface area (Å²) in [6.45, 7) is 5.09. The molecular formula is C15H25N3O2S. The molecule has 1 aliphatic rings. The minimum atomic E-state index is -3.18. The zero-order valence-corrected chi connectivity index (χ0v) is 13.5. The highest BCUT2D eigenvalue weighted by Gasteiger charge is 2.24. The van der Waals surface area contributed by atoms with Crippen LogP contribution in [0.15, 0.2) is 24.5 Å². The van der Waals surface area contributed by atoms with Crippen molar-refractivity contribution in [2.75, 3.05) is 31.9 Å². The van der Waals surface area contributed by atoms with Gasteiger partial charge in [0.15, 0.2) is 0 Å². The van der Waals surface area contributed by atoms with E-state index in [1.54, 1.807) is 16.7 Å². The second-order valence-corrected chi connectivity index (χ2v) is 7.67. The number of nitrogens with zero attached hydrogens (tertiary/aromatic N) is 2. The van der Waals surface area contributed by atoms with Crippen molar-refractivity contribution in [3.8, 4) is 0 Å². The number of nitrogens with one attached hydrogen (secondary N) is 1. The molecular weight excluding hydrogens is 286 g/mol. The van der Waals surface area contributed by atoms with Crippen LogP contribution in [-0.4, -0.2) is 49.6 Å². The minimum Gasteiger partial charge on any atom is -0.316 e. The smallest absolute Gasteiger partial charge is 0.214 e. The first-order chi connectivity index (χ1) is 10.1. The van der Waals surface area contributed by atoms with Gasteiger partial charge in [-0.25, -0.2) is 12.7 Å². The Balaban J connectivity index is 1.91. The molecule has 1 unspecified atom stereocenters. The van der Waals surface area contributed by atoms with Crippen LogP contribution >= 0.6 is 0 Å². The van der Waals surface area contributed by atoms with Gasteiger partial charge in [0.2, 0.25) is 10.0 Å². The fraction of sp³-hybridized carbons (Fsp3) is 0.667. The maximum Gasteiger partial charge on any atom is 0.214 e. The first-order valence-electron chi connectivity index (χ1n) is 7.69. The van der Waals surface area contributed by atoms with Gasteiger partial charge in [0.25, 0.3) is 0 Å². The van der Waals surface area contributed by atoms with E-state index in [9.17, 15) is 8.42 Å². The highest BCUT2D eigenvalue weighted by atomic mass is 32.2. The number of rotatable bonds is 7.